The molecule has 4 rings (SSSR count). The summed E-state index contributed by atoms with van der Waals surface area (Å²) in [7, 11) is 0. The van der Waals surface area contributed by atoms with Gasteiger partial charge in [-0.25, -0.2) is 4.68 Å². The van der Waals surface area contributed by atoms with E-state index in [2.05, 4.69) is 21.0 Å². The number of Topliss-reactive ketones (excluding diaryl/α,β-unsaturated/α-hetero) is 1. The number of nitrogens with zero attached hydrogens (tertiary/aromatic N) is 3. The Labute approximate surface area is 178 Å². The topological polar surface area (TPSA) is 55.2 Å². The van der Waals surface area contributed by atoms with Gasteiger partial charge in [-0.3, -0.25) is 9.59 Å². The predicted molar refractivity (Wildman–Crippen MR) is 115 cm³/mol. The largest absolute Gasteiger partial charge is 0.339 e. The van der Waals surface area contributed by atoms with Crippen molar-refractivity contribution in [2.24, 2.45) is 5.92 Å². The first kappa shape index (κ1) is 19.6. The smallest absolute Gasteiger partial charge is 0.253 e. The maximum absolute atomic E-state index is 12.8. The van der Waals surface area contributed by atoms with E-state index < -0.39 is 0 Å². The van der Waals surface area contributed by atoms with Gasteiger partial charge in [0.1, 0.15) is 0 Å². The molecule has 0 radical (unpaired) electrons. The number of piperidine rings is 1. The Bertz CT molecular complexity index is 1020. The zero-order valence-corrected chi connectivity index (χ0v) is 17.8. The highest BCUT2D eigenvalue weighted by Crippen LogP contribution is 2.23. The second-order valence-corrected chi connectivity index (χ2v) is 8.36. The molecule has 0 saturated carbocycles. The lowest BCUT2D eigenvalue weighted by molar-refractivity contribution is 0.0650. The van der Waals surface area contributed by atoms with Crippen molar-refractivity contribution in [1.29, 1.82) is 0 Å². The summed E-state index contributed by atoms with van der Waals surface area (Å²) in [6.45, 7) is 3.22. The van der Waals surface area contributed by atoms with Crippen molar-refractivity contribution in [3.05, 3.63) is 82.1 Å². The van der Waals surface area contributed by atoms with Gasteiger partial charge in [0.25, 0.3) is 5.91 Å². The predicted octanol–water partition coefficient (Wildman–Crippen LogP) is 4.68. The average molecular weight is 452 g/mol. The molecule has 29 heavy (non-hydrogen) atoms. The van der Waals surface area contributed by atoms with Crippen molar-refractivity contribution in [2.75, 3.05) is 13.1 Å². The lowest BCUT2D eigenvalue weighted by Gasteiger charge is -2.31. The Balaban J connectivity index is 1.37. The van der Waals surface area contributed by atoms with Gasteiger partial charge in [-0.15, -0.1) is 0 Å². The molecule has 0 N–H and O–H groups in total. The molecule has 5 nitrogen and oxygen atoms in total. The van der Waals surface area contributed by atoms with Gasteiger partial charge < -0.3 is 4.90 Å². The fraction of sp³-hybridized carbons (Fsp3) is 0.261. The zero-order valence-electron chi connectivity index (χ0n) is 16.2. The van der Waals surface area contributed by atoms with E-state index in [-0.39, 0.29) is 17.6 Å². The molecule has 1 aliphatic heterocycles. The van der Waals surface area contributed by atoms with Gasteiger partial charge in [-0.1, -0.05) is 29.8 Å². The van der Waals surface area contributed by atoms with Gasteiger partial charge in [-0.05, 0) is 60.0 Å². The number of benzene rings is 2. The highest BCUT2D eigenvalue weighted by molar-refractivity contribution is 9.10. The quantitative estimate of drug-likeness (QED) is 0.541. The third-order valence-electron chi connectivity index (χ3n) is 5.42. The molecule has 1 amide bonds. The van der Waals surface area contributed by atoms with Crippen LogP contribution in [0.15, 0.2) is 65.4 Å². The fourth-order valence-electron chi connectivity index (χ4n) is 3.68. The van der Waals surface area contributed by atoms with Crippen LogP contribution in [-0.2, 0) is 0 Å². The van der Waals surface area contributed by atoms with Gasteiger partial charge in [0.2, 0.25) is 0 Å². The first-order chi connectivity index (χ1) is 14.0. The standard InChI is InChI=1S/C23H22BrN3O2/c1-16-2-4-17(5-3-16)22(28)18-10-12-26(13-11-18)23(29)19-6-8-21(9-7-19)27-15-20(24)14-25-27/h2-9,14-15,18H,10-13H2,1H3. The minimum Gasteiger partial charge on any atom is -0.339 e. The SMILES string of the molecule is Cc1ccc(C(=O)C2CCN(C(=O)c3ccc(-n4cc(Br)cn4)cc3)CC2)cc1. The molecular weight excluding hydrogens is 430 g/mol. The number of hydrogen-bond acceptors (Lipinski definition) is 3. The molecule has 0 atom stereocenters. The van der Waals surface area contributed by atoms with Crippen molar-refractivity contribution in [1.82, 2.24) is 14.7 Å². The summed E-state index contributed by atoms with van der Waals surface area (Å²) in [5, 5.41) is 4.25. The molecule has 1 saturated heterocycles. The van der Waals surface area contributed by atoms with Gasteiger partial charge in [-0.2, -0.15) is 5.10 Å². The fourth-order valence-corrected chi connectivity index (χ4v) is 3.97. The van der Waals surface area contributed by atoms with E-state index in [9.17, 15) is 9.59 Å². The maximum Gasteiger partial charge on any atom is 0.253 e. The van der Waals surface area contributed by atoms with Crippen molar-refractivity contribution in [3.8, 4) is 5.69 Å². The molecule has 6 heteroatoms. The van der Waals surface area contributed by atoms with Gasteiger partial charge >= 0.3 is 0 Å². The van der Waals surface area contributed by atoms with E-state index in [4.69, 9.17) is 0 Å². The van der Waals surface area contributed by atoms with Crippen LogP contribution in [0.4, 0.5) is 0 Å². The molecule has 3 aromatic rings. The third kappa shape index (κ3) is 4.32. The van der Waals surface area contributed by atoms with Crippen LogP contribution in [0.3, 0.4) is 0 Å². The van der Waals surface area contributed by atoms with Gasteiger partial charge in [0.15, 0.2) is 5.78 Å². The van der Waals surface area contributed by atoms with E-state index in [0.717, 1.165) is 21.3 Å². The van der Waals surface area contributed by atoms with E-state index >= 15 is 0 Å². The summed E-state index contributed by atoms with van der Waals surface area (Å²) >= 11 is 3.38. The number of halogens is 1. The molecule has 2 aromatic carbocycles. The number of amides is 1. The molecule has 1 fully saturated rings. The monoisotopic (exact) mass is 451 g/mol. The Morgan fingerprint density at radius 3 is 2.17 bits per heavy atom. The molecule has 0 unspecified atom stereocenters. The molecule has 0 bridgehead atoms. The van der Waals surface area contributed by atoms with Crippen molar-refractivity contribution in [3.63, 3.8) is 0 Å². The summed E-state index contributed by atoms with van der Waals surface area (Å²) in [4.78, 5) is 27.4. The first-order valence-corrected chi connectivity index (χ1v) is 10.5. The Morgan fingerprint density at radius 2 is 1.59 bits per heavy atom. The van der Waals surface area contributed by atoms with E-state index in [1.54, 1.807) is 10.9 Å². The number of rotatable bonds is 4. The number of aromatic nitrogens is 2. The molecule has 0 spiro atoms. The number of carbonyl (C=O) groups is 2. The minimum atomic E-state index is -0.0117. The van der Waals surface area contributed by atoms with Crippen LogP contribution in [0, 0.1) is 12.8 Å². The molecular formula is C23H22BrN3O2. The molecule has 1 aliphatic rings. The number of aryl methyl sites for hydroxylation is 1. The number of hydrogen-bond donors (Lipinski definition) is 0. The highest BCUT2D eigenvalue weighted by Gasteiger charge is 2.28. The molecule has 1 aromatic heterocycles. The number of likely N-dealkylation sites (tertiary alicyclic amines) is 1. The minimum absolute atomic E-state index is 0.0117. The Hall–Kier alpha value is -2.73. The number of ketones is 1. The van der Waals surface area contributed by atoms with Crippen molar-refractivity contribution < 1.29 is 9.59 Å². The average Bonchev–Trinajstić information content (AvgIpc) is 3.20. The molecule has 0 aliphatic carbocycles. The second-order valence-electron chi connectivity index (χ2n) is 7.45. The van der Waals surface area contributed by atoms with Crippen LogP contribution in [-0.4, -0.2) is 39.5 Å². The van der Waals surface area contributed by atoms with Crippen LogP contribution < -0.4 is 0 Å². The zero-order chi connectivity index (χ0) is 20.4. The normalized spacial score (nSPS) is 14.8. The van der Waals surface area contributed by atoms with Crippen molar-refractivity contribution in [2.45, 2.75) is 19.8 Å². The Morgan fingerprint density at radius 1 is 0.966 bits per heavy atom. The van der Waals surface area contributed by atoms with Gasteiger partial charge in [0, 0.05) is 36.3 Å². The third-order valence-corrected chi connectivity index (χ3v) is 5.83. The van der Waals surface area contributed by atoms with Crippen LogP contribution in [0.25, 0.3) is 5.69 Å². The van der Waals surface area contributed by atoms with E-state index in [1.165, 1.54) is 0 Å². The van der Waals surface area contributed by atoms with E-state index in [1.807, 2.05) is 66.6 Å². The lowest BCUT2D eigenvalue weighted by Crippen LogP contribution is -2.40. The summed E-state index contributed by atoms with van der Waals surface area (Å²) < 4.78 is 2.65. The summed E-state index contributed by atoms with van der Waals surface area (Å²) in [6.07, 6.45) is 5.00. The lowest BCUT2D eigenvalue weighted by atomic mass is 9.88. The maximum atomic E-state index is 12.8. The molecule has 148 valence electrons. The van der Waals surface area contributed by atoms with Crippen LogP contribution in [0.1, 0.15) is 39.1 Å². The Kier molecular flexibility index (Phi) is 5.62. The summed E-state index contributed by atoms with van der Waals surface area (Å²) in [6, 6.07) is 15.2. The summed E-state index contributed by atoms with van der Waals surface area (Å²) in [5.74, 6) is 0.189. The van der Waals surface area contributed by atoms with Crippen LogP contribution in [0.5, 0.6) is 0 Å². The first-order valence-electron chi connectivity index (χ1n) is 9.72. The van der Waals surface area contributed by atoms with Crippen LogP contribution in [0.2, 0.25) is 0 Å². The van der Waals surface area contributed by atoms with Gasteiger partial charge in [0.05, 0.1) is 16.4 Å². The highest BCUT2D eigenvalue weighted by atomic mass is 79.9. The second kappa shape index (κ2) is 8.33. The van der Waals surface area contributed by atoms with Crippen LogP contribution >= 0.6 is 15.9 Å². The number of carbonyl (C=O) groups excluding carboxylic acids is 2. The van der Waals surface area contributed by atoms with E-state index in [0.29, 0.717) is 31.5 Å². The van der Waals surface area contributed by atoms with Crippen molar-refractivity contribution >= 4 is 27.6 Å². The summed E-state index contributed by atoms with van der Waals surface area (Å²) in [5.41, 5.74) is 3.47. The molecule has 2 heterocycles.